The molecule has 0 aliphatic carbocycles. The second kappa shape index (κ2) is 9.60. The molecule has 94 valence electrons. The van der Waals surface area contributed by atoms with E-state index in [9.17, 15) is 4.79 Å². The maximum Gasteiger partial charge on any atom is 0.333 e. The summed E-state index contributed by atoms with van der Waals surface area (Å²) in [5.41, 5.74) is 0.477. The van der Waals surface area contributed by atoms with E-state index in [1.54, 1.807) is 14.0 Å². The van der Waals surface area contributed by atoms with Crippen LogP contribution in [0.25, 0.3) is 0 Å². The van der Waals surface area contributed by atoms with Crippen LogP contribution in [0, 0.1) is 0 Å². The first-order valence-electron chi connectivity index (χ1n) is 5.93. The van der Waals surface area contributed by atoms with Crippen molar-refractivity contribution >= 4 is 14.8 Å². The van der Waals surface area contributed by atoms with Gasteiger partial charge in [0.15, 0.2) is 0 Å². The summed E-state index contributed by atoms with van der Waals surface area (Å²) in [6.45, 7) is 8.82. The van der Waals surface area contributed by atoms with Crippen LogP contribution in [0.2, 0.25) is 18.1 Å². The Morgan fingerprint density at radius 2 is 1.88 bits per heavy atom. The van der Waals surface area contributed by atoms with Gasteiger partial charge in [-0.1, -0.05) is 26.0 Å². The highest BCUT2D eigenvalue weighted by atomic mass is 28.3. The van der Waals surface area contributed by atoms with Crippen LogP contribution in [0.5, 0.6) is 0 Å². The molecule has 1 unspecified atom stereocenters. The van der Waals surface area contributed by atoms with Gasteiger partial charge in [0.05, 0.1) is 6.61 Å². The van der Waals surface area contributed by atoms with Crippen molar-refractivity contribution in [2.24, 2.45) is 0 Å². The van der Waals surface area contributed by atoms with Crippen LogP contribution in [-0.4, -0.2) is 35.1 Å². The summed E-state index contributed by atoms with van der Waals surface area (Å²) in [5.74, 6) is -0.268. The van der Waals surface area contributed by atoms with E-state index in [0.717, 1.165) is 12.7 Å². The quantitative estimate of drug-likeness (QED) is 0.355. The van der Waals surface area contributed by atoms with Crippen LogP contribution < -0.4 is 0 Å². The van der Waals surface area contributed by atoms with Crippen molar-refractivity contribution in [3.63, 3.8) is 0 Å². The van der Waals surface area contributed by atoms with Gasteiger partial charge in [-0.15, -0.1) is 0 Å². The number of rotatable bonds is 9. The second-order valence-corrected chi connectivity index (χ2v) is 7.61. The molecular formula is C12H24O3Si. The minimum Gasteiger partial charge on any atom is -0.463 e. The van der Waals surface area contributed by atoms with Crippen molar-refractivity contribution in [1.82, 2.24) is 0 Å². The molecule has 0 rings (SSSR count). The van der Waals surface area contributed by atoms with Gasteiger partial charge in [-0.25, -0.2) is 4.79 Å². The van der Waals surface area contributed by atoms with Crippen LogP contribution in [0.3, 0.4) is 0 Å². The molecule has 0 N–H and O–H groups in total. The molecule has 16 heavy (non-hydrogen) atoms. The number of methoxy groups -OCH3 is 1. The lowest BCUT2D eigenvalue weighted by molar-refractivity contribution is -0.138. The molecule has 3 nitrogen and oxygen atoms in total. The van der Waals surface area contributed by atoms with Crippen molar-refractivity contribution in [2.75, 3.05) is 20.3 Å². The summed E-state index contributed by atoms with van der Waals surface area (Å²) < 4.78 is 10.2. The van der Waals surface area contributed by atoms with Crippen molar-refractivity contribution in [3.8, 4) is 0 Å². The maximum absolute atomic E-state index is 11.2. The number of esters is 1. The predicted octanol–water partition coefficient (Wildman–Crippen LogP) is 2.39. The third-order valence-corrected chi connectivity index (χ3v) is 6.03. The minimum atomic E-state index is -0.774. The van der Waals surface area contributed by atoms with Crippen molar-refractivity contribution < 1.29 is 14.3 Å². The smallest absolute Gasteiger partial charge is 0.333 e. The lowest BCUT2D eigenvalue weighted by Gasteiger charge is -2.13. The summed E-state index contributed by atoms with van der Waals surface area (Å²) in [7, 11) is 0.961. The van der Waals surface area contributed by atoms with Crippen molar-refractivity contribution in [1.29, 1.82) is 0 Å². The molecule has 0 spiro atoms. The fraction of sp³-hybridized carbons (Fsp3) is 0.750. The number of hydrogen-bond acceptors (Lipinski definition) is 3. The Hall–Kier alpha value is -0.613. The molecule has 0 aromatic heterocycles. The predicted molar refractivity (Wildman–Crippen MR) is 69.5 cm³/mol. The van der Waals surface area contributed by atoms with E-state index >= 15 is 0 Å². The average molecular weight is 244 g/mol. The molecule has 0 saturated heterocycles. The Bertz CT molecular complexity index is 216. The molecule has 0 aromatic rings. The fourth-order valence-electron chi connectivity index (χ4n) is 1.57. The van der Waals surface area contributed by atoms with Gasteiger partial charge in [-0.3, -0.25) is 0 Å². The molecule has 4 heteroatoms. The summed E-state index contributed by atoms with van der Waals surface area (Å²) >= 11 is 0. The van der Waals surface area contributed by atoms with E-state index in [4.69, 9.17) is 9.47 Å². The van der Waals surface area contributed by atoms with Crippen molar-refractivity contribution in [3.05, 3.63) is 12.2 Å². The molecule has 0 aliphatic rings. The van der Waals surface area contributed by atoms with E-state index in [-0.39, 0.29) is 5.97 Å². The standard InChI is InChI=1S/C12H24O3Si/c1-5-8-16(9-6-14-4)10-7-15-12(13)11(2)3/h16H,2,5-10H2,1,3-4H3. The van der Waals surface area contributed by atoms with Crippen LogP contribution in [-0.2, 0) is 14.3 Å². The topological polar surface area (TPSA) is 35.5 Å². The number of ether oxygens (including phenoxy) is 2. The van der Waals surface area contributed by atoms with Gasteiger partial charge in [0, 0.05) is 28.1 Å². The zero-order valence-electron chi connectivity index (χ0n) is 10.8. The van der Waals surface area contributed by atoms with Crippen LogP contribution in [0.4, 0.5) is 0 Å². The van der Waals surface area contributed by atoms with Gasteiger partial charge in [0.1, 0.15) is 0 Å². The molecule has 0 fully saturated rings. The van der Waals surface area contributed by atoms with Crippen LogP contribution in [0.1, 0.15) is 20.3 Å². The van der Waals surface area contributed by atoms with Gasteiger partial charge in [0.2, 0.25) is 0 Å². The zero-order chi connectivity index (χ0) is 12.4. The SMILES string of the molecule is C=C(C)C(=O)OCC[SiH](CCC)CCOC. The monoisotopic (exact) mass is 244 g/mol. The fourth-order valence-corrected chi connectivity index (χ4v) is 4.27. The molecule has 1 atom stereocenters. The summed E-state index contributed by atoms with van der Waals surface area (Å²) in [4.78, 5) is 11.2. The van der Waals surface area contributed by atoms with Gasteiger partial charge >= 0.3 is 5.97 Å². The molecule has 0 aliphatic heterocycles. The van der Waals surface area contributed by atoms with E-state index in [2.05, 4.69) is 13.5 Å². The van der Waals surface area contributed by atoms with Crippen LogP contribution >= 0.6 is 0 Å². The lowest BCUT2D eigenvalue weighted by atomic mass is 10.4. The van der Waals surface area contributed by atoms with Gasteiger partial charge in [-0.2, -0.15) is 0 Å². The number of carbonyl (C=O) groups excluding carboxylic acids is 1. The minimum absolute atomic E-state index is 0.268. The molecule has 0 bridgehead atoms. The third-order valence-electron chi connectivity index (χ3n) is 2.53. The summed E-state index contributed by atoms with van der Waals surface area (Å²) in [6, 6.07) is 3.53. The first-order chi connectivity index (χ1) is 7.61. The van der Waals surface area contributed by atoms with Gasteiger partial charge in [-0.05, 0) is 19.0 Å². The average Bonchev–Trinajstić information content (AvgIpc) is 2.25. The normalized spacial score (nSPS) is 12.2. The molecule has 0 amide bonds. The van der Waals surface area contributed by atoms with Gasteiger partial charge in [0.25, 0.3) is 0 Å². The maximum atomic E-state index is 11.2. The molecular weight excluding hydrogens is 220 g/mol. The number of hydrogen-bond donors (Lipinski definition) is 0. The zero-order valence-corrected chi connectivity index (χ0v) is 11.9. The molecule has 0 radical (unpaired) electrons. The molecule has 0 heterocycles. The Labute approximate surface area is 100 Å². The first-order valence-corrected chi connectivity index (χ1v) is 8.38. The summed E-state index contributed by atoms with van der Waals surface area (Å²) in [6.07, 6.45) is 1.22. The Morgan fingerprint density at radius 3 is 2.38 bits per heavy atom. The largest absolute Gasteiger partial charge is 0.463 e. The third kappa shape index (κ3) is 7.65. The molecule has 0 saturated carbocycles. The van der Waals surface area contributed by atoms with E-state index in [1.807, 2.05) is 0 Å². The Balaban J connectivity index is 3.74. The second-order valence-electron chi connectivity index (χ2n) is 4.14. The van der Waals surface area contributed by atoms with Crippen molar-refractivity contribution in [2.45, 2.75) is 38.4 Å². The Kier molecular flexibility index (Phi) is 9.23. The summed E-state index contributed by atoms with van der Waals surface area (Å²) in [5, 5.41) is 0. The highest BCUT2D eigenvalue weighted by molar-refractivity contribution is 6.58. The Morgan fingerprint density at radius 1 is 1.25 bits per heavy atom. The van der Waals surface area contributed by atoms with E-state index in [1.165, 1.54) is 18.5 Å². The first kappa shape index (κ1) is 15.4. The lowest BCUT2D eigenvalue weighted by Crippen LogP contribution is -2.18. The highest BCUT2D eigenvalue weighted by Gasteiger charge is 2.11. The highest BCUT2D eigenvalue weighted by Crippen LogP contribution is 2.09. The van der Waals surface area contributed by atoms with E-state index < -0.39 is 8.80 Å². The molecule has 0 aromatic carbocycles. The van der Waals surface area contributed by atoms with E-state index in [0.29, 0.717) is 12.2 Å². The number of carbonyl (C=O) groups is 1. The van der Waals surface area contributed by atoms with Crippen LogP contribution in [0.15, 0.2) is 12.2 Å². The van der Waals surface area contributed by atoms with Gasteiger partial charge < -0.3 is 9.47 Å².